The van der Waals surface area contributed by atoms with Gasteiger partial charge in [0.2, 0.25) is 0 Å². The molecule has 10 heteroatoms. The number of imidazole rings is 1. The molecule has 2 heterocycles. The molecule has 1 aromatic carbocycles. The summed E-state index contributed by atoms with van der Waals surface area (Å²) < 4.78 is 30.7. The Kier molecular flexibility index (Phi) is 7.77. The number of carbonyl (C=O) groups is 2. The molecule has 1 aliphatic rings. The van der Waals surface area contributed by atoms with Crippen LogP contribution in [0.5, 0.6) is 0 Å². The quantitative estimate of drug-likeness (QED) is 0.415. The van der Waals surface area contributed by atoms with Crippen LogP contribution in [0.4, 0.5) is 0 Å². The third kappa shape index (κ3) is 5.68. The minimum Gasteiger partial charge on any atom is -0.451 e. The molecular weight excluding hydrogens is 438 g/mol. The Morgan fingerprint density at radius 2 is 2.03 bits per heavy atom. The molecule has 1 saturated heterocycles. The molecule has 1 aliphatic heterocycles. The molecule has 8 nitrogen and oxygen atoms in total. The molecule has 31 heavy (non-hydrogen) atoms. The molecule has 0 aliphatic carbocycles. The fraction of sp³-hybridized carbons (Fsp3) is 0.476. The van der Waals surface area contributed by atoms with E-state index in [1.807, 2.05) is 43.5 Å². The average Bonchev–Trinajstić information content (AvgIpc) is 3.35. The SMILES string of the molecule is CCCCN(C(=O)COC(=O)c1cnc(SC)n1-c1ccccc1)C1CCS(=O)(=O)C1. The van der Waals surface area contributed by atoms with E-state index in [4.69, 9.17) is 4.74 Å². The number of para-hydroxylation sites is 1. The Balaban J connectivity index is 1.72. The fourth-order valence-electron chi connectivity index (χ4n) is 3.59. The van der Waals surface area contributed by atoms with Crippen LogP contribution >= 0.6 is 11.8 Å². The van der Waals surface area contributed by atoms with Gasteiger partial charge < -0.3 is 9.64 Å². The average molecular weight is 466 g/mol. The van der Waals surface area contributed by atoms with Crippen LogP contribution in [0.25, 0.3) is 5.69 Å². The molecule has 0 spiro atoms. The summed E-state index contributed by atoms with van der Waals surface area (Å²) in [7, 11) is -3.13. The number of rotatable bonds is 9. The summed E-state index contributed by atoms with van der Waals surface area (Å²) in [4.78, 5) is 31.4. The number of ether oxygens (including phenoxy) is 1. The second-order valence-electron chi connectivity index (χ2n) is 7.37. The lowest BCUT2D eigenvalue weighted by atomic mass is 10.2. The van der Waals surface area contributed by atoms with Crippen molar-refractivity contribution < 1.29 is 22.7 Å². The van der Waals surface area contributed by atoms with Crippen molar-refractivity contribution in [3.05, 3.63) is 42.2 Å². The van der Waals surface area contributed by atoms with Gasteiger partial charge in [-0.1, -0.05) is 43.3 Å². The van der Waals surface area contributed by atoms with Crippen LogP contribution in [-0.2, 0) is 19.4 Å². The summed E-state index contributed by atoms with van der Waals surface area (Å²) in [5.41, 5.74) is 0.996. The van der Waals surface area contributed by atoms with Crippen molar-refractivity contribution in [2.45, 2.75) is 37.4 Å². The van der Waals surface area contributed by atoms with Crippen LogP contribution < -0.4 is 0 Å². The van der Waals surface area contributed by atoms with Gasteiger partial charge in [-0.3, -0.25) is 9.36 Å². The van der Waals surface area contributed by atoms with Crippen LogP contribution in [0.3, 0.4) is 0 Å². The fourth-order valence-corrected chi connectivity index (χ4v) is 5.87. The smallest absolute Gasteiger partial charge is 0.357 e. The van der Waals surface area contributed by atoms with Crippen molar-refractivity contribution in [1.82, 2.24) is 14.5 Å². The van der Waals surface area contributed by atoms with Gasteiger partial charge in [-0.2, -0.15) is 0 Å². The normalized spacial score (nSPS) is 17.4. The number of aromatic nitrogens is 2. The molecule has 1 atom stereocenters. The van der Waals surface area contributed by atoms with Gasteiger partial charge in [-0.15, -0.1) is 0 Å². The molecule has 1 aromatic heterocycles. The maximum absolute atomic E-state index is 12.8. The van der Waals surface area contributed by atoms with Gasteiger partial charge in [0.1, 0.15) is 0 Å². The van der Waals surface area contributed by atoms with Gasteiger partial charge in [-0.25, -0.2) is 18.2 Å². The van der Waals surface area contributed by atoms with E-state index >= 15 is 0 Å². The van der Waals surface area contributed by atoms with Crippen molar-refractivity contribution >= 4 is 33.5 Å². The summed E-state index contributed by atoms with van der Waals surface area (Å²) in [6, 6.07) is 8.95. The first-order valence-electron chi connectivity index (χ1n) is 10.2. The standard InChI is InChI=1S/C21H27N3O5S2/c1-3-4-11-23(17-10-12-31(27,28)15-17)19(25)14-29-20(26)18-13-22-21(30-2)24(18)16-8-6-5-7-9-16/h5-9,13,17H,3-4,10-12,14-15H2,1-2H3. The van der Waals surface area contributed by atoms with Crippen molar-refractivity contribution in [2.75, 3.05) is 30.9 Å². The third-order valence-corrected chi connectivity index (χ3v) is 7.59. The maximum atomic E-state index is 12.8. The van der Waals surface area contributed by atoms with Crippen LogP contribution in [0.15, 0.2) is 41.7 Å². The number of esters is 1. The number of carbonyl (C=O) groups excluding carboxylic acids is 2. The number of amides is 1. The largest absolute Gasteiger partial charge is 0.451 e. The lowest BCUT2D eigenvalue weighted by Crippen LogP contribution is -2.44. The first kappa shape index (κ1) is 23.3. The monoisotopic (exact) mass is 465 g/mol. The zero-order chi connectivity index (χ0) is 22.4. The second kappa shape index (κ2) is 10.3. The number of hydrogen-bond acceptors (Lipinski definition) is 7. The van der Waals surface area contributed by atoms with Crippen molar-refractivity contribution in [3.8, 4) is 5.69 Å². The van der Waals surface area contributed by atoms with Gasteiger partial charge in [0.05, 0.1) is 17.7 Å². The number of benzene rings is 1. The molecule has 0 N–H and O–H groups in total. The van der Waals surface area contributed by atoms with Crippen LogP contribution in [0, 0.1) is 0 Å². The summed E-state index contributed by atoms with van der Waals surface area (Å²) >= 11 is 1.40. The van der Waals surface area contributed by atoms with E-state index in [9.17, 15) is 18.0 Å². The Morgan fingerprint density at radius 1 is 1.29 bits per heavy atom. The van der Waals surface area contributed by atoms with E-state index < -0.39 is 22.4 Å². The lowest BCUT2D eigenvalue weighted by molar-refractivity contribution is -0.136. The summed E-state index contributed by atoms with van der Waals surface area (Å²) in [5.74, 6) is -0.978. The van der Waals surface area contributed by atoms with Gasteiger partial charge in [0.25, 0.3) is 5.91 Å². The minimum absolute atomic E-state index is 0.0335. The number of unbranched alkanes of at least 4 members (excludes halogenated alkanes) is 1. The molecule has 168 valence electrons. The lowest BCUT2D eigenvalue weighted by Gasteiger charge is -2.28. The van der Waals surface area contributed by atoms with Gasteiger partial charge >= 0.3 is 5.97 Å². The third-order valence-electron chi connectivity index (χ3n) is 5.18. The molecule has 3 rings (SSSR count). The summed E-state index contributed by atoms with van der Waals surface area (Å²) in [6.07, 6.45) is 5.35. The molecule has 1 fully saturated rings. The van der Waals surface area contributed by atoms with E-state index in [0.29, 0.717) is 18.1 Å². The van der Waals surface area contributed by atoms with E-state index in [1.165, 1.54) is 18.0 Å². The van der Waals surface area contributed by atoms with Crippen LogP contribution in [-0.4, -0.2) is 71.7 Å². The van der Waals surface area contributed by atoms with E-state index in [1.54, 1.807) is 9.47 Å². The summed E-state index contributed by atoms with van der Waals surface area (Å²) in [5, 5.41) is 0.630. The second-order valence-corrected chi connectivity index (χ2v) is 10.4. The van der Waals surface area contributed by atoms with Gasteiger partial charge in [-0.05, 0) is 31.2 Å². The molecule has 0 radical (unpaired) electrons. The zero-order valence-electron chi connectivity index (χ0n) is 17.7. The van der Waals surface area contributed by atoms with Crippen molar-refractivity contribution in [2.24, 2.45) is 0 Å². The van der Waals surface area contributed by atoms with Gasteiger partial charge in [0.15, 0.2) is 27.3 Å². The van der Waals surface area contributed by atoms with E-state index in [-0.39, 0.29) is 29.1 Å². The minimum atomic E-state index is -3.13. The Hall–Kier alpha value is -2.33. The summed E-state index contributed by atoms with van der Waals surface area (Å²) in [6.45, 7) is 2.02. The van der Waals surface area contributed by atoms with Crippen LogP contribution in [0.1, 0.15) is 36.7 Å². The first-order valence-corrected chi connectivity index (χ1v) is 13.2. The predicted molar refractivity (Wildman–Crippen MR) is 119 cm³/mol. The Morgan fingerprint density at radius 3 is 2.65 bits per heavy atom. The van der Waals surface area contributed by atoms with Gasteiger partial charge in [0, 0.05) is 18.3 Å². The maximum Gasteiger partial charge on any atom is 0.357 e. The highest BCUT2D eigenvalue weighted by molar-refractivity contribution is 7.98. The number of hydrogen-bond donors (Lipinski definition) is 0. The zero-order valence-corrected chi connectivity index (χ0v) is 19.3. The van der Waals surface area contributed by atoms with Crippen molar-refractivity contribution in [3.63, 3.8) is 0 Å². The van der Waals surface area contributed by atoms with Crippen LogP contribution in [0.2, 0.25) is 0 Å². The molecule has 1 unspecified atom stereocenters. The van der Waals surface area contributed by atoms with E-state index in [0.717, 1.165) is 18.5 Å². The highest BCUT2D eigenvalue weighted by Gasteiger charge is 2.34. The molecule has 0 saturated carbocycles. The first-order chi connectivity index (χ1) is 14.9. The molecule has 0 bridgehead atoms. The predicted octanol–water partition coefficient (Wildman–Crippen LogP) is 2.57. The highest BCUT2D eigenvalue weighted by Crippen LogP contribution is 2.23. The Bertz CT molecular complexity index is 1020. The topological polar surface area (TPSA) is 98.6 Å². The number of thioether (sulfide) groups is 1. The molecule has 1 amide bonds. The van der Waals surface area contributed by atoms with E-state index in [2.05, 4.69) is 4.98 Å². The van der Waals surface area contributed by atoms with Crippen molar-refractivity contribution in [1.29, 1.82) is 0 Å². The molecule has 2 aromatic rings. The molecular formula is C21H27N3O5S2. The highest BCUT2D eigenvalue weighted by atomic mass is 32.2. The number of sulfone groups is 1. The number of nitrogens with zero attached hydrogens (tertiary/aromatic N) is 3. The Labute approximate surface area is 186 Å².